The Hall–Kier alpha value is -2.66. The van der Waals surface area contributed by atoms with Gasteiger partial charge in [-0.15, -0.1) is 10.2 Å². The Bertz CT molecular complexity index is 766. The highest BCUT2D eigenvalue weighted by Crippen LogP contribution is 2.21. The Kier molecular flexibility index (Phi) is 4.68. The highest BCUT2D eigenvalue weighted by molar-refractivity contribution is 5.57. The van der Waals surface area contributed by atoms with Crippen molar-refractivity contribution in [3.63, 3.8) is 0 Å². The van der Waals surface area contributed by atoms with E-state index in [-0.39, 0.29) is 0 Å². The molecule has 0 aliphatic rings. The van der Waals surface area contributed by atoms with Crippen LogP contribution in [0.3, 0.4) is 0 Å². The minimum Gasteiger partial charge on any atom is -0.497 e. The molecule has 23 heavy (non-hydrogen) atoms. The van der Waals surface area contributed by atoms with Crippen molar-refractivity contribution >= 4 is 0 Å². The van der Waals surface area contributed by atoms with Crippen LogP contribution in [0, 0.1) is 6.92 Å². The second-order valence-corrected chi connectivity index (χ2v) is 5.27. The number of hydrogen-bond donors (Lipinski definition) is 1. The minimum absolute atomic E-state index is 0.533. The van der Waals surface area contributed by atoms with E-state index in [1.807, 2.05) is 55.5 Å². The molecule has 0 radical (unpaired) electrons. The molecule has 2 aromatic carbocycles. The zero-order valence-corrected chi connectivity index (χ0v) is 13.2. The van der Waals surface area contributed by atoms with Crippen molar-refractivity contribution in [1.29, 1.82) is 0 Å². The molecule has 1 N–H and O–H groups in total. The molecule has 0 unspecified atom stereocenters. The van der Waals surface area contributed by atoms with Crippen molar-refractivity contribution in [1.82, 2.24) is 15.5 Å². The average Bonchev–Trinajstić information content (AvgIpc) is 3.04. The van der Waals surface area contributed by atoms with Gasteiger partial charge in [-0.25, -0.2) is 0 Å². The Morgan fingerprint density at radius 2 is 1.78 bits per heavy atom. The van der Waals surface area contributed by atoms with E-state index in [2.05, 4.69) is 15.5 Å². The lowest BCUT2D eigenvalue weighted by Crippen LogP contribution is -2.12. The van der Waals surface area contributed by atoms with Gasteiger partial charge in [0.2, 0.25) is 11.8 Å². The number of ether oxygens (including phenoxy) is 1. The summed E-state index contributed by atoms with van der Waals surface area (Å²) < 4.78 is 10.9. The predicted molar refractivity (Wildman–Crippen MR) is 88.0 cm³/mol. The molecule has 0 saturated heterocycles. The van der Waals surface area contributed by atoms with E-state index in [1.54, 1.807) is 7.11 Å². The lowest BCUT2D eigenvalue weighted by atomic mass is 10.1. The van der Waals surface area contributed by atoms with Gasteiger partial charge < -0.3 is 14.5 Å². The van der Waals surface area contributed by atoms with Gasteiger partial charge in [0.05, 0.1) is 13.7 Å². The van der Waals surface area contributed by atoms with Gasteiger partial charge in [0, 0.05) is 12.1 Å². The molecule has 3 rings (SSSR count). The van der Waals surface area contributed by atoms with Crippen LogP contribution in [0.15, 0.2) is 52.9 Å². The lowest BCUT2D eigenvalue weighted by molar-refractivity contribution is 0.414. The molecule has 0 atom stereocenters. The summed E-state index contributed by atoms with van der Waals surface area (Å²) in [4.78, 5) is 0. The van der Waals surface area contributed by atoms with E-state index in [4.69, 9.17) is 9.15 Å². The molecule has 0 bridgehead atoms. The van der Waals surface area contributed by atoms with Crippen molar-refractivity contribution in [3.8, 4) is 17.2 Å². The van der Waals surface area contributed by atoms with Crippen molar-refractivity contribution in [2.24, 2.45) is 0 Å². The van der Waals surface area contributed by atoms with E-state index in [9.17, 15) is 0 Å². The SMILES string of the molecule is COc1ccc(CNCc2nnc(-c3ccccc3C)o2)cc1. The molecule has 0 spiro atoms. The van der Waals surface area contributed by atoms with Gasteiger partial charge >= 0.3 is 0 Å². The molecule has 1 aromatic heterocycles. The average molecular weight is 309 g/mol. The zero-order valence-electron chi connectivity index (χ0n) is 13.2. The van der Waals surface area contributed by atoms with Crippen LogP contribution >= 0.6 is 0 Å². The van der Waals surface area contributed by atoms with Crippen molar-refractivity contribution in [2.75, 3.05) is 7.11 Å². The second-order valence-electron chi connectivity index (χ2n) is 5.27. The standard InChI is InChI=1S/C18H19N3O2/c1-13-5-3-4-6-16(13)18-21-20-17(23-18)12-19-11-14-7-9-15(22-2)10-8-14/h3-10,19H,11-12H2,1-2H3. The normalized spacial score (nSPS) is 10.7. The molecular formula is C18H19N3O2. The summed E-state index contributed by atoms with van der Waals surface area (Å²) in [7, 11) is 1.66. The molecule has 0 saturated carbocycles. The molecule has 3 aromatic rings. The van der Waals surface area contributed by atoms with E-state index in [1.165, 1.54) is 5.56 Å². The monoisotopic (exact) mass is 309 g/mol. The van der Waals surface area contributed by atoms with E-state index >= 15 is 0 Å². The first-order chi connectivity index (χ1) is 11.3. The number of nitrogens with zero attached hydrogens (tertiary/aromatic N) is 2. The Labute approximate surface area is 135 Å². The molecule has 5 nitrogen and oxygen atoms in total. The molecule has 0 fully saturated rings. The van der Waals surface area contributed by atoms with Crippen LogP contribution in [-0.4, -0.2) is 17.3 Å². The van der Waals surface area contributed by atoms with Gasteiger partial charge in [0.15, 0.2) is 0 Å². The van der Waals surface area contributed by atoms with Gasteiger partial charge in [-0.1, -0.05) is 30.3 Å². The van der Waals surface area contributed by atoms with E-state index < -0.39 is 0 Å². The van der Waals surface area contributed by atoms with Gasteiger partial charge in [0.1, 0.15) is 5.75 Å². The first kappa shape index (κ1) is 15.2. The van der Waals surface area contributed by atoms with Crippen LogP contribution in [-0.2, 0) is 13.1 Å². The van der Waals surface area contributed by atoms with Crippen LogP contribution in [0.25, 0.3) is 11.5 Å². The fraction of sp³-hybridized carbons (Fsp3) is 0.222. The molecule has 5 heteroatoms. The molecular weight excluding hydrogens is 290 g/mol. The maximum Gasteiger partial charge on any atom is 0.248 e. The van der Waals surface area contributed by atoms with Gasteiger partial charge in [-0.05, 0) is 36.2 Å². The summed E-state index contributed by atoms with van der Waals surface area (Å²) >= 11 is 0. The summed E-state index contributed by atoms with van der Waals surface area (Å²) in [6, 6.07) is 15.9. The fourth-order valence-corrected chi connectivity index (χ4v) is 2.30. The van der Waals surface area contributed by atoms with E-state index in [0.29, 0.717) is 18.3 Å². The van der Waals surface area contributed by atoms with Crippen molar-refractivity contribution in [2.45, 2.75) is 20.0 Å². The second kappa shape index (κ2) is 7.07. The number of aryl methyl sites for hydroxylation is 1. The third kappa shape index (κ3) is 3.76. The quantitative estimate of drug-likeness (QED) is 0.756. The summed E-state index contributed by atoms with van der Waals surface area (Å²) in [5.74, 6) is 2.00. The first-order valence-electron chi connectivity index (χ1n) is 7.48. The van der Waals surface area contributed by atoms with Crippen LogP contribution in [0.4, 0.5) is 0 Å². The Morgan fingerprint density at radius 3 is 2.52 bits per heavy atom. The largest absolute Gasteiger partial charge is 0.497 e. The van der Waals surface area contributed by atoms with Crippen LogP contribution in [0.5, 0.6) is 5.75 Å². The maximum absolute atomic E-state index is 5.72. The Balaban J connectivity index is 1.58. The first-order valence-corrected chi connectivity index (χ1v) is 7.48. The number of methoxy groups -OCH3 is 1. The number of rotatable bonds is 6. The lowest BCUT2D eigenvalue weighted by Gasteiger charge is -2.04. The maximum atomic E-state index is 5.72. The van der Waals surface area contributed by atoms with Crippen LogP contribution in [0.1, 0.15) is 17.0 Å². The summed E-state index contributed by atoms with van der Waals surface area (Å²) in [5.41, 5.74) is 3.26. The third-order valence-electron chi connectivity index (χ3n) is 3.61. The summed E-state index contributed by atoms with van der Waals surface area (Å²) in [6.45, 7) is 3.29. The molecule has 118 valence electrons. The number of nitrogens with one attached hydrogen (secondary N) is 1. The summed E-state index contributed by atoms with van der Waals surface area (Å²) in [5, 5.41) is 11.5. The topological polar surface area (TPSA) is 60.2 Å². The highest BCUT2D eigenvalue weighted by Gasteiger charge is 2.10. The predicted octanol–water partition coefficient (Wildman–Crippen LogP) is 3.34. The third-order valence-corrected chi connectivity index (χ3v) is 3.61. The smallest absolute Gasteiger partial charge is 0.248 e. The highest BCUT2D eigenvalue weighted by atomic mass is 16.5. The zero-order chi connectivity index (χ0) is 16.1. The summed E-state index contributed by atoms with van der Waals surface area (Å²) in [6.07, 6.45) is 0. The van der Waals surface area contributed by atoms with Gasteiger partial charge in [0.25, 0.3) is 0 Å². The van der Waals surface area contributed by atoms with Crippen molar-refractivity contribution in [3.05, 3.63) is 65.5 Å². The molecule has 1 heterocycles. The molecule has 0 aliphatic carbocycles. The molecule has 0 aliphatic heterocycles. The van der Waals surface area contributed by atoms with Crippen LogP contribution < -0.4 is 10.1 Å². The Morgan fingerprint density at radius 1 is 1.00 bits per heavy atom. The molecule has 0 amide bonds. The van der Waals surface area contributed by atoms with Crippen molar-refractivity contribution < 1.29 is 9.15 Å². The number of benzene rings is 2. The van der Waals surface area contributed by atoms with Crippen LogP contribution in [0.2, 0.25) is 0 Å². The van der Waals surface area contributed by atoms with Gasteiger partial charge in [-0.2, -0.15) is 0 Å². The van der Waals surface area contributed by atoms with Gasteiger partial charge in [-0.3, -0.25) is 0 Å². The van der Waals surface area contributed by atoms with E-state index in [0.717, 1.165) is 23.4 Å². The number of aromatic nitrogens is 2. The number of hydrogen-bond acceptors (Lipinski definition) is 5. The minimum atomic E-state index is 0.533. The fourth-order valence-electron chi connectivity index (χ4n) is 2.30.